The summed E-state index contributed by atoms with van der Waals surface area (Å²) in [5, 5.41) is 0.565. The minimum absolute atomic E-state index is 0.160. The molecule has 19 heavy (non-hydrogen) atoms. The van der Waals surface area contributed by atoms with Gasteiger partial charge in [-0.25, -0.2) is 21.9 Å². The number of halogens is 3. The van der Waals surface area contributed by atoms with Crippen molar-refractivity contribution in [2.45, 2.75) is 17.4 Å². The Labute approximate surface area is 119 Å². The zero-order valence-corrected chi connectivity index (χ0v) is 12.6. The molecule has 0 saturated heterocycles. The first kappa shape index (κ1) is 16.5. The van der Waals surface area contributed by atoms with Crippen LogP contribution < -0.4 is 4.72 Å². The van der Waals surface area contributed by atoms with Crippen molar-refractivity contribution >= 4 is 26.0 Å². The van der Waals surface area contributed by atoms with Gasteiger partial charge in [-0.15, -0.1) is 0 Å². The van der Waals surface area contributed by atoms with Crippen molar-refractivity contribution < 1.29 is 21.9 Å². The Morgan fingerprint density at radius 2 is 2.11 bits per heavy atom. The van der Waals surface area contributed by atoms with Crippen LogP contribution in [-0.2, 0) is 14.8 Å². The molecule has 0 heterocycles. The molecule has 1 aromatic carbocycles. The number of nitrogens with one attached hydrogen (secondary N) is 1. The molecule has 0 aliphatic carbocycles. The largest absolute Gasteiger partial charge is 0.383 e. The highest BCUT2D eigenvalue weighted by atomic mass is 79.9. The Kier molecular flexibility index (Phi) is 6.31. The van der Waals surface area contributed by atoms with Gasteiger partial charge in [-0.1, -0.05) is 15.9 Å². The highest BCUT2D eigenvalue weighted by Crippen LogP contribution is 2.16. The minimum atomic E-state index is -4.04. The Bertz CT molecular complexity index is 519. The van der Waals surface area contributed by atoms with Crippen LogP contribution in [0.15, 0.2) is 23.1 Å². The lowest BCUT2D eigenvalue weighted by atomic mass is 10.3. The molecule has 0 aromatic heterocycles. The molecule has 8 heteroatoms. The number of rotatable bonds is 7. The summed E-state index contributed by atoms with van der Waals surface area (Å²) in [5.74, 6) is -1.95. The van der Waals surface area contributed by atoms with E-state index in [9.17, 15) is 17.2 Å². The van der Waals surface area contributed by atoms with Crippen LogP contribution in [0, 0.1) is 11.6 Å². The first-order valence-corrected chi connectivity index (χ1v) is 8.03. The number of ether oxygens (including phenoxy) is 1. The number of benzene rings is 1. The predicted octanol–water partition coefficient (Wildman–Crippen LogP) is 2.04. The van der Waals surface area contributed by atoms with Gasteiger partial charge in [0.2, 0.25) is 10.0 Å². The van der Waals surface area contributed by atoms with E-state index in [4.69, 9.17) is 4.74 Å². The maximum atomic E-state index is 13.5. The van der Waals surface area contributed by atoms with Gasteiger partial charge < -0.3 is 4.74 Å². The zero-order chi connectivity index (χ0) is 14.5. The Morgan fingerprint density at radius 3 is 2.63 bits per heavy atom. The predicted molar refractivity (Wildman–Crippen MR) is 70.8 cm³/mol. The maximum absolute atomic E-state index is 13.5. The van der Waals surface area contributed by atoms with Crippen LogP contribution in [0.5, 0.6) is 0 Å². The smallest absolute Gasteiger partial charge is 0.243 e. The Morgan fingerprint density at radius 1 is 1.42 bits per heavy atom. The van der Waals surface area contributed by atoms with Crippen LogP contribution in [0.25, 0.3) is 0 Å². The third kappa shape index (κ3) is 4.79. The molecule has 108 valence electrons. The Balaban J connectivity index is 2.96. The molecule has 0 fully saturated rings. The summed E-state index contributed by atoms with van der Waals surface area (Å²) < 4.78 is 57.4. The van der Waals surface area contributed by atoms with E-state index in [0.29, 0.717) is 17.8 Å². The zero-order valence-electron chi connectivity index (χ0n) is 10.2. The van der Waals surface area contributed by atoms with E-state index in [0.717, 1.165) is 12.1 Å². The lowest BCUT2D eigenvalue weighted by molar-refractivity contribution is 0.173. The minimum Gasteiger partial charge on any atom is -0.383 e. The van der Waals surface area contributed by atoms with Gasteiger partial charge in [-0.05, 0) is 18.6 Å². The number of alkyl halides is 1. The fourth-order valence-corrected chi connectivity index (χ4v) is 3.35. The lowest BCUT2D eigenvalue weighted by Gasteiger charge is -2.17. The highest BCUT2D eigenvalue weighted by Gasteiger charge is 2.23. The van der Waals surface area contributed by atoms with Crippen LogP contribution in [-0.4, -0.2) is 33.5 Å². The van der Waals surface area contributed by atoms with Crippen molar-refractivity contribution in [1.82, 2.24) is 4.72 Å². The molecule has 1 aromatic rings. The molecule has 0 aliphatic rings. The molecule has 0 saturated carbocycles. The summed E-state index contributed by atoms with van der Waals surface area (Å²) in [6.45, 7) is 0.160. The van der Waals surface area contributed by atoms with Gasteiger partial charge in [-0.3, -0.25) is 0 Å². The van der Waals surface area contributed by atoms with Gasteiger partial charge in [0.1, 0.15) is 16.5 Å². The van der Waals surface area contributed by atoms with Gasteiger partial charge in [0.25, 0.3) is 0 Å². The normalized spacial score (nSPS) is 13.5. The number of sulfonamides is 1. The summed E-state index contributed by atoms with van der Waals surface area (Å²) in [6.07, 6.45) is 0.482. The van der Waals surface area contributed by atoms with Crippen LogP contribution in [0.2, 0.25) is 0 Å². The van der Waals surface area contributed by atoms with Gasteiger partial charge in [0.05, 0.1) is 6.61 Å². The average Bonchev–Trinajstić information content (AvgIpc) is 2.28. The summed E-state index contributed by atoms with van der Waals surface area (Å²) in [4.78, 5) is -0.579. The molecule has 1 N–H and O–H groups in total. The molecular formula is C11H14BrF2NO3S. The standard InChI is InChI=1S/C11H14BrF2NO3S/c1-18-7-9(4-5-12)15-19(16,17)11-3-2-8(13)6-10(11)14/h2-3,6,9,15H,4-5,7H2,1H3. The molecular weight excluding hydrogens is 344 g/mol. The van der Waals surface area contributed by atoms with Crippen molar-refractivity contribution in [3.8, 4) is 0 Å². The molecule has 0 radical (unpaired) electrons. The van der Waals surface area contributed by atoms with Crippen molar-refractivity contribution in [2.24, 2.45) is 0 Å². The second-order valence-corrected chi connectivity index (χ2v) is 6.30. The summed E-state index contributed by atoms with van der Waals surface area (Å²) in [6, 6.07) is 1.84. The monoisotopic (exact) mass is 357 g/mol. The highest BCUT2D eigenvalue weighted by molar-refractivity contribution is 9.09. The quantitative estimate of drug-likeness (QED) is 0.759. The van der Waals surface area contributed by atoms with Crippen LogP contribution >= 0.6 is 15.9 Å². The molecule has 0 amide bonds. The van der Waals surface area contributed by atoms with Crippen molar-refractivity contribution in [3.05, 3.63) is 29.8 Å². The van der Waals surface area contributed by atoms with E-state index in [2.05, 4.69) is 20.7 Å². The molecule has 4 nitrogen and oxygen atoms in total. The van der Waals surface area contributed by atoms with Crippen molar-refractivity contribution in [3.63, 3.8) is 0 Å². The van der Waals surface area contributed by atoms with E-state index in [1.54, 1.807) is 0 Å². The molecule has 0 aliphatic heterocycles. The van der Waals surface area contributed by atoms with Gasteiger partial charge in [0, 0.05) is 24.5 Å². The molecule has 0 bridgehead atoms. The topological polar surface area (TPSA) is 55.4 Å². The van der Waals surface area contributed by atoms with E-state index >= 15 is 0 Å². The number of hydrogen-bond donors (Lipinski definition) is 1. The molecule has 1 unspecified atom stereocenters. The average molecular weight is 358 g/mol. The second kappa shape index (κ2) is 7.28. The summed E-state index contributed by atoms with van der Waals surface area (Å²) in [7, 11) is -2.61. The first-order chi connectivity index (χ1) is 8.90. The lowest BCUT2D eigenvalue weighted by Crippen LogP contribution is -2.38. The van der Waals surface area contributed by atoms with Gasteiger partial charge in [-0.2, -0.15) is 0 Å². The third-order valence-electron chi connectivity index (χ3n) is 2.33. The van der Waals surface area contributed by atoms with Gasteiger partial charge >= 0.3 is 0 Å². The van der Waals surface area contributed by atoms with E-state index in [1.807, 2.05) is 0 Å². The first-order valence-electron chi connectivity index (χ1n) is 5.43. The second-order valence-electron chi connectivity index (χ2n) is 3.83. The Hall–Kier alpha value is -0.570. The SMILES string of the molecule is COCC(CCBr)NS(=O)(=O)c1ccc(F)cc1F. The number of hydrogen-bond acceptors (Lipinski definition) is 3. The van der Waals surface area contributed by atoms with Crippen LogP contribution in [0.1, 0.15) is 6.42 Å². The molecule has 0 spiro atoms. The fraction of sp³-hybridized carbons (Fsp3) is 0.455. The van der Waals surface area contributed by atoms with Crippen LogP contribution in [0.4, 0.5) is 8.78 Å². The van der Waals surface area contributed by atoms with Gasteiger partial charge in [0.15, 0.2) is 0 Å². The number of methoxy groups -OCH3 is 1. The molecule has 1 atom stereocenters. The van der Waals surface area contributed by atoms with Crippen molar-refractivity contribution in [2.75, 3.05) is 19.0 Å². The maximum Gasteiger partial charge on any atom is 0.243 e. The van der Waals surface area contributed by atoms with E-state index in [-0.39, 0.29) is 6.61 Å². The van der Waals surface area contributed by atoms with E-state index < -0.39 is 32.6 Å². The third-order valence-corrected chi connectivity index (χ3v) is 4.34. The van der Waals surface area contributed by atoms with E-state index in [1.165, 1.54) is 7.11 Å². The fourth-order valence-electron chi connectivity index (χ4n) is 1.49. The molecule has 1 rings (SSSR count). The summed E-state index contributed by atoms with van der Waals surface area (Å²) in [5.41, 5.74) is 0. The van der Waals surface area contributed by atoms with Crippen molar-refractivity contribution in [1.29, 1.82) is 0 Å². The summed E-state index contributed by atoms with van der Waals surface area (Å²) >= 11 is 3.19. The van der Waals surface area contributed by atoms with Crippen LogP contribution in [0.3, 0.4) is 0 Å².